The molecule has 0 aliphatic carbocycles. The van der Waals surface area contributed by atoms with Crippen LogP contribution in [-0.2, 0) is 3.79 Å². The summed E-state index contributed by atoms with van der Waals surface area (Å²) in [5.41, 5.74) is 0. The first-order chi connectivity index (χ1) is 9.36. The predicted molar refractivity (Wildman–Crippen MR) is 85.6 cm³/mol. The van der Waals surface area contributed by atoms with E-state index in [-0.39, 0.29) is 5.82 Å². The maximum Gasteiger partial charge on any atom is 0.250 e. The highest BCUT2D eigenvalue weighted by Gasteiger charge is 2.28. The van der Waals surface area contributed by atoms with E-state index in [1.807, 2.05) is 0 Å². The minimum Gasteiger partial charge on any atom is -0.351 e. The minimum absolute atomic E-state index is 0.154. The van der Waals surface area contributed by atoms with Crippen LogP contribution >= 0.6 is 34.8 Å². The van der Waals surface area contributed by atoms with Crippen molar-refractivity contribution < 1.29 is 0 Å². The molecule has 1 rings (SSSR count). The molecule has 1 atom stereocenters. The van der Waals surface area contributed by atoms with Crippen molar-refractivity contribution in [1.82, 2.24) is 15.0 Å². The molecular formula is C13H21Cl3N4. The van der Waals surface area contributed by atoms with Crippen LogP contribution in [0, 0.1) is 6.92 Å². The Morgan fingerprint density at radius 1 is 1.10 bits per heavy atom. The standard InChI is InChI=1S/C13H21Cl3N4/c1-4-6-7-8-10(5-2)19-12-18-9(3)17-11(20-12)13(14,15)16/h10H,4-8H2,1-3H3,(H,17,18,19,20). The number of nitrogens with one attached hydrogen (secondary N) is 1. The minimum atomic E-state index is -1.63. The summed E-state index contributed by atoms with van der Waals surface area (Å²) in [6, 6.07) is 0.326. The summed E-state index contributed by atoms with van der Waals surface area (Å²) in [7, 11) is 0. The fourth-order valence-corrected chi connectivity index (χ4v) is 2.13. The van der Waals surface area contributed by atoms with Crippen LogP contribution in [0.1, 0.15) is 57.6 Å². The van der Waals surface area contributed by atoms with Gasteiger partial charge in [0.1, 0.15) is 5.82 Å². The van der Waals surface area contributed by atoms with Crippen LogP contribution in [-0.4, -0.2) is 21.0 Å². The summed E-state index contributed by atoms with van der Waals surface area (Å²) in [6.45, 7) is 6.08. The molecule has 0 amide bonds. The zero-order chi connectivity index (χ0) is 15.2. The fraction of sp³-hybridized carbons (Fsp3) is 0.769. The normalized spacial score (nSPS) is 13.3. The molecule has 0 radical (unpaired) electrons. The van der Waals surface area contributed by atoms with E-state index in [9.17, 15) is 0 Å². The van der Waals surface area contributed by atoms with E-state index in [0.29, 0.717) is 17.8 Å². The van der Waals surface area contributed by atoms with Gasteiger partial charge < -0.3 is 5.32 Å². The molecule has 1 N–H and O–H groups in total. The van der Waals surface area contributed by atoms with E-state index >= 15 is 0 Å². The van der Waals surface area contributed by atoms with Crippen molar-refractivity contribution in [3.8, 4) is 0 Å². The predicted octanol–water partition coefficient (Wildman–Crippen LogP) is 4.78. The third-order valence-corrected chi connectivity index (χ3v) is 3.49. The number of hydrogen-bond donors (Lipinski definition) is 1. The van der Waals surface area contributed by atoms with Gasteiger partial charge in [0, 0.05) is 6.04 Å². The molecule has 1 heterocycles. The van der Waals surface area contributed by atoms with Crippen LogP contribution in [0.15, 0.2) is 0 Å². The molecule has 20 heavy (non-hydrogen) atoms. The molecule has 114 valence electrons. The van der Waals surface area contributed by atoms with Crippen molar-refractivity contribution in [2.24, 2.45) is 0 Å². The third-order valence-electron chi connectivity index (χ3n) is 2.98. The van der Waals surface area contributed by atoms with Crippen LogP contribution in [0.5, 0.6) is 0 Å². The lowest BCUT2D eigenvalue weighted by Crippen LogP contribution is -2.22. The molecule has 0 aliphatic rings. The first-order valence-electron chi connectivity index (χ1n) is 6.93. The Labute approximate surface area is 135 Å². The number of anilines is 1. The van der Waals surface area contributed by atoms with Crippen LogP contribution in [0.3, 0.4) is 0 Å². The van der Waals surface area contributed by atoms with Gasteiger partial charge in [-0.05, 0) is 19.8 Å². The van der Waals surface area contributed by atoms with Crippen molar-refractivity contribution in [2.75, 3.05) is 5.32 Å². The van der Waals surface area contributed by atoms with Gasteiger partial charge in [-0.3, -0.25) is 0 Å². The quantitative estimate of drug-likeness (QED) is 0.574. The van der Waals surface area contributed by atoms with Crippen LogP contribution < -0.4 is 5.32 Å². The van der Waals surface area contributed by atoms with Crippen LogP contribution in [0.2, 0.25) is 0 Å². The van der Waals surface area contributed by atoms with Crippen molar-refractivity contribution in [3.63, 3.8) is 0 Å². The maximum absolute atomic E-state index is 5.83. The summed E-state index contributed by atoms with van der Waals surface area (Å²) < 4.78 is -1.63. The topological polar surface area (TPSA) is 50.7 Å². The second-order valence-electron chi connectivity index (χ2n) is 4.77. The van der Waals surface area contributed by atoms with E-state index < -0.39 is 3.79 Å². The van der Waals surface area contributed by atoms with E-state index in [0.717, 1.165) is 12.8 Å². The molecule has 0 saturated carbocycles. The second-order valence-corrected chi connectivity index (χ2v) is 7.05. The van der Waals surface area contributed by atoms with Gasteiger partial charge in [-0.25, -0.2) is 4.98 Å². The molecule has 0 aliphatic heterocycles. The molecule has 0 bridgehead atoms. The number of halogens is 3. The largest absolute Gasteiger partial charge is 0.351 e. The summed E-state index contributed by atoms with van der Waals surface area (Å²) in [6.07, 6.45) is 5.70. The molecule has 0 aromatic carbocycles. The molecule has 7 heteroatoms. The number of rotatable bonds is 7. The second kappa shape index (κ2) is 8.20. The van der Waals surface area contributed by atoms with Gasteiger partial charge in [-0.2, -0.15) is 9.97 Å². The monoisotopic (exact) mass is 338 g/mol. The Morgan fingerprint density at radius 2 is 1.80 bits per heavy atom. The highest BCUT2D eigenvalue weighted by molar-refractivity contribution is 6.66. The average Bonchev–Trinajstić information content (AvgIpc) is 2.36. The Morgan fingerprint density at radius 3 is 2.35 bits per heavy atom. The van der Waals surface area contributed by atoms with Crippen LogP contribution in [0.4, 0.5) is 5.95 Å². The Balaban J connectivity index is 2.77. The lowest BCUT2D eigenvalue weighted by Gasteiger charge is -2.18. The van der Waals surface area contributed by atoms with E-state index in [1.165, 1.54) is 19.3 Å². The van der Waals surface area contributed by atoms with E-state index in [4.69, 9.17) is 34.8 Å². The Kier molecular flexibility index (Phi) is 7.27. The first kappa shape index (κ1) is 17.7. The summed E-state index contributed by atoms with van der Waals surface area (Å²) in [5.74, 6) is 1.16. The van der Waals surface area contributed by atoms with Gasteiger partial charge in [0.25, 0.3) is 0 Å². The van der Waals surface area contributed by atoms with Gasteiger partial charge in [0.2, 0.25) is 9.74 Å². The number of aryl methyl sites for hydroxylation is 1. The van der Waals surface area contributed by atoms with Gasteiger partial charge in [0.05, 0.1) is 0 Å². The van der Waals surface area contributed by atoms with Crippen molar-refractivity contribution in [2.45, 2.75) is 62.7 Å². The van der Waals surface area contributed by atoms with Crippen LogP contribution in [0.25, 0.3) is 0 Å². The zero-order valence-corrected chi connectivity index (χ0v) is 14.4. The van der Waals surface area contributed by atoms with Crippen molar-refractivity contribution >= 4 is 40.8 Å². The molecule has 1 aromatic rings. The lowest BCUT2D eigenvalue weighted by atomic mass is 10.1. The smallest absolute Gasteiger partial charge is 0.250 e. The van der Waals surface area contributed by atoms with Gasteiger partial charge in [-0.1, -0.05) is 67.9 Å². The third kappa shape index (κ3) is 5.98. The zero-order valence-electron chi connectivity index (χ0n) is 12.1. The SMILES string of the molecule is CCCCCC(CC)Nc1nc(C)nc(C(Cl)(Cl)Cl)n1. The molecule has 1 aromatic heterocycles. The highest BCUT2D eigenvalue weighted by Crippen LogP contribution is 2.36. The molecule has 0 spiro atoms. The van der Waals surface area contributed by atoms with E-state index in [1.54, 1.807) is 6.92 Å². The molecule has 0 fully saturated rings. The highest BCUT2D eigenvalue weighted by atomic mass is 35.6. The van der Waals surface area contributed by atoms with Gasteiger partial charge >= 0.3 is 0 Å². The number of unbranched alkanes of at least 4 members (excludes halogenated alkanes) is 2. The summed E-state index contributed by atoms with van der Waals surface area (Å²) >= 11 is 17.5. The molecule has 0 saturated heterocycles. The summed E-state index contributed by atoms with van der Waals surface area (Å²) in [5, 5.41) is 3.30. The lowest BCUT2D eigenvalue weighted by molar-refractivity contribution is 0.570. The van der Waals surface area contributed by atoms with Gasteiger partial charge in [-0.15, -0.1) is 0 Å². The summed E-state index contributed by atoms with van der Waals surface area (Å²) in [4.78, 5) is 12.5. The number of nitrogens with zero attached hydrogens (tertiary/aromatic N) is 3. The Bertz CT molecular complexity index is 421. The average molecular weight is 340 g/mol. The number of aromatic nitrogens is 3. The van der Waals surface area contributed by atoms with Crippen molar-refractivity contribution in [3.05, 3.63) is 11.6 Å². The van der Waals surface area contributed by atoms with E-state index in [2.05, 4.69) is 34.1 Å². The maximum atomic E-state index is 5.83. The number of hydrogen-bond acceptors (Lipinski definition) is 4. The number of alkyl halides is 3. The van der Waals surface area contributed by atoms with Gasteiger partial charge in [0.15, 0.2) is 5.82 Å². The first-order valence-corrected chi connectivity index (χ1v) is 8.06. The Hall–Kier alpha value is -0.320. The fourth-order valence-electron chi connectivity index (χ4n) is 1.87. The molecule has 1 unspecified atom stereocenters. The van der Waals surface area contributed by atoms with Crippen molar-refractivity contribution in [1.29, 1.82) is 0 Å². The molecular weight excluding hydrogens is 319 g/mol. The molecule has 4 nitrogen and oxygen atoms in total.